The van der Waals surface area contributed by atoms with Gasteiger partial charge in [-0.1, -0.05) is 13.8 Å². The zero-order valence-electron chi connectivity index (χ0n) is 14.8. The molecular formula is C15H23F3NO6P. The van der Waals surface area contributed by atoms with Gasteiger partial charge in [0.2, 0.25) is 0 Å². The third-order valence-electron chi connectivity index (χ3n) is 3.72. The lowest BCUT2D eigenvalue weighted by Gasteiger charge is -2.31. The molecule has 150 valence electrons. The molecule has 0 saturated carbocycles. The monoisotopic (exact) mass is 401 g/mol. The molecule has 3 N–H and O–H groups in total. The fourth-order valence-electron chi connectivity index (χ4n) is 2.32. The van der Waals surface area contributed by atoms with Gasteiger partial charge in [0.25, 0.3) is 0 Å². The van der Waals surface area contributed by atoms with Crippen molar-refractivity contribution >= 4 is 19.8 Å². The van der Waals surface area contributed by atoms with E-state index in [1.807, 2.05) is 19.2 Å². The summed E-state index contributed by atoms with van der Waals surface area (Å²) >= 11 is 0. The number of alkyl halides is 3. The summed E-state index contributed by atoms with van der Waals surface area (Å²) in [5.41, 5.74) is 0.0171. The minimum atomic E-state index is -4.95. The zero-order valence-corrected chi connectivity index (χ0v) is 15.8. The molecule has 1 amide bonds. The number of nitrogens with one attached hydrogen (secondary N) is 1. The first kappa shape index (κ1) is 24.4. The quantitative estimate of drug-likeness (QED) is 0.633. The number of ether oxygens (including phenoxy) is 2. The number of hydrogen-bond donors (Lipinski definition) is 3. The first-order valence-electron chi connectivity index (χ1n) is 7.50. The Labute approximate surface area is 150 Å². The average molecular weight is 401 g/mol. The third kappa shape index (κ3) is 7.33. The normalized spacial score (nSPS) is 11.6. The summed E-state index contributed by atoms with van der Waals surface area (Å²) in [5.74, 6) is -1.68. The zero-order chi connectivity index (χ0) is 20.5. The molecule has 0 bridgehead atoms. The summed E-state index contributed by atoms with van der Waals surface area (Å²) in [4.78, 5) is 25.4. The van der Waals surface area contributed by atoms with Crippen LogP contribution in [-0.4, -0.2) is 36.1 Å². The molecule has 0 atom stereocenters. The molecule has 0 aliphatic carbocycles. The Hall–Kier alpha value is -1.61. The van der Waals surface area contributed by atoms with Crippen LogP contribution in [0.15, 0.2) is 18.2 Å². The van der Waals surface area contributed by atoms with Crippen LogP contribution in [0, 0.1) is 0 Å². The summed E-state index contributed by atoms with van der Waals surface area (Å²) in [5, 5.41) is 1.84. The standard InChI is InChI=1S/C15H20F3NO3.H3O3P/c1-5-14(6-2,22-4)10-7-11(9-12(8-10)21-3)19-13(20)15(16,17)18;1-4(2)3/h7-9H,5-6H2,1-4H3,(H,19,20);4H,(H2,1,2,3). The average Bonchev–Trinajstić information content (AvgIpc) is 2.55. The van der Waals surface area contributed by atoms with Gasteiger partial charge in [-0.2, -0.15) is 13.2 Å². The van der Waals surface area contributed by atoms with Crippen molar-refractivity contribution in [3.8, 4) is 5.75 Å². The van der Waals surface area contributed by atoms with Crippen molar-refractivity contribution in [3.63, 3.8) is 0 Å². The fourth-order valence-corrected chi connectivity index (χ4v) is 2.32. The van der Waals surface area contributed by atoms with E-state index in [9.17, 15) is 18.0 Å². The van der Waals surface area contributed by atoms with E-state index in [1.165, 1.54) is 19.2 Å². The summed E-state index contributed by atoms with van der Waals surface area (Å²) in [7, 11) is -0.184. The number of carbonyl (C=O) groups is 1. The number of methoxy groups -OCH3 is 2. The molecule has 11 heteroatoms. The van der Waals surface area contributed by atoms with Crippen molar-refractivity contribution < 1.29 is 41.8 Å². The van der Waals surface area contributed by atoms with Crippen LogP contribution in [0.2, 0.25) is 0 Å². The Kier molecular flexibility index (Phi) is 9.87. The second kappa shape index (κ2) is 10.5. The molecule has 1 aromatic carbocycles. The number of rotatable bonds is 6. The highest BCUT2D eigenvalue weighted by Gasteiger charge is 2.39. The van der Waals surface area contributed by atoms with Gasteiger partial charge in [0, 0.05) is 18.9 Å². The van der Waals surface area contributed by atoms with Gasteiger partial charge in [-0.15, -0.1) is 0 Å². The minimum Gasteiger partial charge on any atom is -0.497 e. The van der Waals surface area contributed by atoms with Crippen LogP contribution in [0.4, 0.5) is 18.9 Å². The number of hydrogen-bond acceptors (Lipinski definition) is 4. The largest absolute Gasteiger partial charge is 0.497 e. The Morgan fingerprint density at radius 1 is 1.15 bits per heavy atom. The van der Waals surface area contributed by atoms with E-state index in [1.54, 1.807) is 13.2 Å². The van der Waals surface area contributed by atoms with Crippen LogP contribution in [0.3, 0.4) is 0 Å². The molecule has 0 fully saturated rings. The SMILES string of the molecule is CCC(CC)(OC)c1cc(NC(=O)C(F)(F)F)cc(OC)c1.O=[PH](O)O. The number of benzene rings is 1. The lowest BCUT2D eigenvalue weighted by molar-refractivity contribution is -0.167. The highest BCUT2D eigenvalue weighted by Crippen LogP contribution is 2.36. The molecule has 7 nitrogen and oxygen atoms in total. The predicted molar refractivity (Wildman–Crippen MR) is 90.4 cm³/mol. The fraction of sp³-hybridized carbons (Fsp3) is 0.533. The van der Waals surface area contributed by atoms with Crippen molar-refractivity contribution in [2.24, 2.45) is 0 Å². The molecule has 0 aliphatic heterocycles. The minimum absolute atomic E-state index is 0.0139. The maximum Gasteiger partial charge on any atom is 0.471 e. The molecule has 0 aromatic heterocycles. The predicted octanol–water partition coefficient (Wildman–Crippen LogP) is 3.22. The van der Waals surface area contributed by atoms with Crippen molar-refractivity contribution in [2.75, 3.05) is 19.5 Å². The highest BCUT2D eigenvalue weighted by atomic mass is 31.1. The summed E-state index contributed by atoms with van der Waals surface area (Å²) < 4.78 is 56.5. The Morgan fingerprint density at radius 3 is 2.00 bits per heavy atom. The van der Waals surface area contributed by atoms with Gasteiger partial charge < -0.3 is 24.6 Å². The van der Waals surface area contributed by atoms with Gasteiger partial charge in [-0.3, -0.25) is 9.36 Å². The third-order valence-corrected chi connectivity index (χ3v) is 3.72. The van der Waals surface area contributed by atoms with Crippen molar-refractivity contribution in [1.82, 2.24) is 0 Å². The second-order valence-corrected chi connectivity index (χ2v) is 5.66. The lowest BCUT2D eigenvalue weighted by Crippen LogP contribution is -2.30. The van der Waals surface area contributed by atoms with Crippen LogP contribution >= 0.6 is 8.25 Å². The van der Waals surface area contributed by atoms with Gasteiger partial charge in [-0.05, 0) is 30.5 Å². The van der Waals surface area contributed by atoms with Crippen LogP contribution < -0.4 is 10.1 Å². The highest BCUT2D eigenvalue weighted by molar-refractivity contribution is 7.30. The molecule has 0 spiro atoms. The number of anilines is 1. The molecule has 1 aromatic rings. The molecular weight excluding hydrogens is 378 g/mol. The van der Waals surface area contributed by atoms with Gasteiger partial charge in [0.05, 0.1) is 12.7 Å². The molecule has 0 saturated heterocycles. The Morgan fingerprint density at radius 2 is 1.65 bits per heavy atom. The molecule has 0 aliphatic rings. The van der Waals surface area contributed by atoms with E-state index in [2.05, 4.69) is 0 Å². The van der Waals surface area contributed by atoms with E-state index in [0.29, 0.717) is 24.2 Å². The van der Waals surface area contributed by atoms with Crippen LogP contribution in [0.5, 0.6) is 5.75 Å². The smallest absolute Gasteiger partial charge is 0.471 e. The van der Waals surface area contributed by atoms with E-state index in [4.69, 9.17) is 23.8 Å². The molecule has 0 unspecified atom stereocenters. The first-order chi connectivity index (χ1) is 12.0. The van der Waals surface area contributed by atoms with Gasteiger partial charge in [0.1, 0.15) is 5.75 Å². The lowest BCUT2D eigenvalue weighted by atomic mass is 9.88. The maximum absolute atomic E-state index is 12.4. The first-order valence-corrected chi connectivity index (χ1v) is 8.80. The van der Waals surface area contributed by atoms with Gasteiger partial charge in [0.15, 0.2) is 0 Å². The van der Waals surface area contributed by atoms with E-state index in [0.717, 1.165) is 0 Å². The van der Waals surface area contributed by atoms with E-state index in [-0.39, 0.29) is 5.69 Å². The maximum atomic E-state index is 12.4. The molecule has 0 radical (unpaired) electrons. The van der Waals surface area contributed by atoms with E-state index < -0.39 is 25.9 Å². The molecule has 26 heavy (non-hydrogen) atoms. The van der Waals surface area contributed by atoms with Crippen LogP contribution in [-0.2, 0) is 19.7 Å². The summed E-state index contributed by atoms with van der Waals surface area (Å²) in [6, 6.07) is 4.50. The topological polar surface area (TPSA) is 105 Å². The van der Waals surface area contributed by atoms with Crippen molar-refractivity contribution in [1.29, 1.82) is 0 Å². The Balaban J connectivity index is 0.00000141. The van der Waals surface area contributed by atoms with Crippen LogP contribution in [0.25, 0.3) is 0 Å². The Bertz CT molecular complexity index is 608. The van der Waals surface area contributed by atoms with Crippen LogP contribution in [0.1, 0.15) is 32.3 Å². The molecule has 1 rings (SSSR count). The van der Waals surface area contributed by atoms with Crippen molar-refractivity contribution in [2.45, 2.75) is 38.5 Å². The van der Waals surface area contributed by atoms with Crippen molar-refractivity contribution in [3.05, 3.63) is 23.8 Å². The number of carbonyl (C=O) groups excluding carboxylic acids is 1. The second-order valence-electron chi connectivity index (χ2n) is 5.09. The number of halogens is 3. The van der Waals surface area contributed by atoms with Gasteiger partial charge in [-0.25, -0.2) is 0 Å². The van der Waals surface area contributed by atoms with E-state index >= 15 is 0 Å². The van der Waals surface area contributed by atoms with Gasteiger partial charge >= 0.3 is 20.3 Å². The number of amides is 1. The summed E-state index contributed by atoms with van der Waals surface area (Å²) in [6.07, 6.45) is -3.70. The molecule has 0 heterocycles. The summed E-state index contributed by atoms with van der Waals surface area (Å²) in [6.45, 7) is 3.83.